The molecule has 2 aliphatic carbocycles. The molecule has 2 N–H and O–H groups in total. The Labute approximate surface area is 121 Å². The van der Waals surface area contributed by atoms with Gasteiger partial charge in [-0.2, -0.15) is 0 Å². The van der Waals surface area contributed by atoms with Crippen molar-refractivity contribution in [2.45, 2.75) is 50.7 Å². The third-order valence-corrected chi connectivity index (χ3v) is 5.88. The van der Waals surface area contributed by atoms with Crippen LogP contribution in [-0.4, -0.2) is 12.6 Å². The summed E-state index contributed by atoms with van der Waals surface area (Å²) < 4.78 is 6.03. The molecular formula is C18H25NO. The molecule has 0 aromatic heterocycles. The maximum atomic E-state index is 6.55. The fraction of sp³-hybridized carbons (Fsp3) is 0.667. The smallest absolute Gasteiger partial charge is 0.0978 e. The molecule has 1 heterocycles. The van der Waals surface area contributed by atoms with Crippen LogP contribution in [-0.2, 0) is 11.2 Å². The van der Waals surface area contributed by atoms with Crippen LogP contribution in [0.1, 0.15) is 49.3 Å². The lowest BCUT2D eigenvalue weighted by Crippen LogP contribution is -2.36. The summed E-state index contributed by atoms with van der Waals surface area (Å²) >= 11 is 0. The zero-order chi connectivity index (χ0) is 13.5. The van der Waals surface area contributed by atoms with E-state index in [2.05, 4.69) is 24.3 Å². The van der Waals surface area contributed by atoms with Crippen molar-refractivity contribution >= 4 is 0 Å². The quantitative estimate of drug-likeness (QED) is 0.914. The molecule has 2 nitrogen and oxygen atoms in total. The number of nitrogens with two attached hydrogens (primary N) is 1. The minimum absolute atomic E-state index is 0.124. The van der Waals surface area contributed by atoms with E-state index < -0.39 is 0 Å². The third-order valence-electron chi connectivity index (χ3n) is 5.88. The van der Waals surface area contributed by atoms with Gasteiger partial charge in [0.05, 0.1) is 12.7 Å². The summed E-state index contributed by atoms with van der Waals surface area (Å²) in [4.78, 5) is 0. The summed E-state index contributed by atoms with van der Waals surface area (Å²) in [5.74, 6) is 2.84. The van der Waals surface area contributed by atoms with E-state index in [0.717, 1.165) is 37.2 Å². The molecule has 0 spiro atoms. The number of fused-ring (bicyclic) bond motifs is 3. The van der Waals surface area contributed by atoms with E-state index in [0.29, 0.717) is 0 Å². The first-order valence-corrected chi connectivity index (χ1v) is 8.26. The second kappa shape index (κ2) is 5.16. The SMILES string of the molecule is NC(CC1CC2CCC1C2)C1OCCc2ccccc21. The minimum Gasteiger partial charge on any atom is -0.372 e. The molecule has 2 saturated carbocycles. The second-order valence-electron chi connectivity index (χ2n) is 7.07. The van der Waals surface area contributed by atoms with Crippen molar-refractivity contribution in [2.24, 2.45) is 23.5 Å². The first kappa shape index (κ1) is 12.8. The molecule has 1 aliphatic heterocycles. The van der Waals surface area contributed by atoms with E-state index in [1.807, 2.05) is 0 Å². The maximum Gasteiger partial charge on any atom is 0.0978 e. The van der Waals surface area contributed by atoms with E-state index in [4.69, 9.17) is 10.5 Å². The van der Waals surface area contributed by atoms with E-state index >= 15 is 0 Å². The van der Waals surface area contributed by atoms with Crippen LogP contribution in [0.4, 0.5) is 0 Å². The van der Waals surface area contributed by atoms with Gasteiger partial charge >= 0.3 is 0 Å². The summed E-state index contributed by atoms with van der Waals surface area (Å²) in [6.07, 6.45) is 8.13. The van der Waals surface area contributed by atoms with Gasteiger partial charge in [-0.25, -0.2) is 0 Å². The Hall–Kier alpha value is -0.860. The predicted molar refractivity (Wildman–Crippen MR) is 80.4 cm³/mol. The zero-order valence-corrected chi connectivity index (χ0v) is 12.1. The number of rotatable bonds is 3. The summed E-state index contributed by atoms with van der Waals surface area (Å²) in [6, 6.07) is 8.85. The second-order valence-corrected chi connectivity index (χ2v) is 7.07. The normalized spacial score (nSPS) is 36.9. The average Bonchev–Trinajstić information content (AvgIpc) is 3.09. The maximum absolute atomic E-state index is 6.55. The van der Waals surface area contributed by atoms with Crippen molar-refractivity contribution in [3.05, 3.63) is 35.4 Å². The third kappa shape index (κ3) is 2.19. The van der Waals surface area contributed by atoms with Gasteiger partial charge in [-0.05, 0) is 61.0 Å². The van der Waals surface area contributed by atoms with Crippen LogP contribution in [0.15, 0.2) is 24.3 Å². The molecule has 5 atom stereocenters. The highest BCUT2D eigenvalue weighted by atomic mass is 16.5. The van der Waals surface area contributed by atoms with Gasteiger partial charge in [0.2, 0.25) is 0 Å². The zero-order valence-electron chi connectivity index (χ0n) is 12.1. The monoisotopic (exact) mass is 271 g/mol. The van der Waals surface area contributed by atoms with Crippen molar-refractivity contribution in [1.82, 2.24) is 0 Å². The molecule has 5 unspecified atom stereocenters. The Bertz CT molecular complexity index is 486. The summed E-state index contributed by atoms with van der Waals surface area (Å²) in [7, 11) is 0. The van der Waals surface area contributed by atoms with Gasteiger partial charge in [-0.3, -0.25) is 0 Å². The van der Waals surface area contributed by atoms with Gasteiger partial charge in [-0.15, -0.1) is 0 Å². The van der Waals surface area contributed by atoms with Crippen LogP contribution in [0.3, 0.4) is 0 Å². The van der Waals surface area contributed by atoms with Crippen molar-refractivity contribution in [3.8, 4) is 0 Å². The first-order valence-electron chi connectivity index (χ1n) is 8.26. The first-order chi connectivity index (χ1) is 9.81. The lowest BCUT2D eigenvalue weighted by Gasteiger charge is -2.33. The van der Waals surface area contributed by atoms with Crippen LogP contribution in [0.2, 0.25) is 0 Å². The van der Waals surface area contributed by atoms with E-state index in [9.17, 15) is 0 Å². The van der Waals surface area contributed by atoms with E-state index in [1.165, 1.54) is 36.8 Å². The Morgan fingerprint density at radius 3 is 2.90 bits per heavy atom. The van der Waals surface area contributed by atoms with Crippen LogP contribution in [0.5, 0.6) is 0 Å². The molecule has 2 heteroatoms. The highest BCUT2D eigenvalue weighted by molar-refractivity contribution is 5.31. The van der Waals surface area contributed by atoms with Crippen molar-refractivity contribution in [3.63, 3.8) is 0 Å². The molecule has 0 saturated heterocycles. The van der Waals surface area contributed by atoms with Gasteiger partial charge in [0.1, 0.15) is 0 Å². The van der Waals surface area contributed by atoms with Gasteiger partial charge in [0.15, 0.2) is 0 Å². The van der Waals surface area contributed by atoms with Gasteiger partial charge < -0.3 is 10.5 Å². The fourth-order valence-electron chi connectivity index (χ4n) is 4.92. The summed E-state index contributed by atoms with van der Waals surface area (Å²) in [5.41, 5.74) is 9.33. The molecule has 1 aromatic rings. The predicted octanol–water partition coefficient (Wildman–Crippen LogP) is 3.45. The fourth-order valence-corrected chi connectivity index (χ4v) is 4.92. The Morgan fingerprint density at radius 1 is 1.20 bits per heavy atom. The van der Waals surface area contributed by atoms with Gasteiger partial charge in [0.25, 0.3) is 0 Å². The van der Waals surface area contributed by atoms with Crippen LogP contribution < -0.4 is 5.73 Å². The van der Waals surface area contributed by atoms with E-state index in [-0.39, 0.29) is 12.1 Å². The van der Waals surface area contributed by atoms with Gasteiger partial charge in [0, 0.05) is 6.04 Å². The molecule has 108 valence electrons. The molecule has 3 aliphatic rings. The molecule has 1 aromatic carbocycles. The molecular weight excluding hydrogens is 246 g/mol. The van der Waals surface area contributed by atoms with Crippen molar-refractivity contribution in [2.75, 3.05) is 6.61 Å². The molecule has 20 heavy (non-hydrogen) atoms. The van der Waals surface area contributed by atoms with Crippen LogP contribution >= 0.6 is 0 Å². The minimum atomic E-state index is 0.124. The van der Waals surface area contributed by atoms with Gasteiger partial charge in [-0.1, -0.05) is 30.7 Å². The highest BCUT2D eigenvalue weighted by Gasteiger charge is 2.41. The lowest BCUT2D eigenvalue weighted by molar-refractivity contribution is 0.0170. The van der Waals surface area contributed by atoms with Crippen molar-refractivity contribution < 1.29 is 4.74 Å². The lowest BCUT2D eigenvalue weighted by atomic mass is 9.81. The number of benzene rings is 1. The van der Waals surface area contributed by atoms with Crippen LogP contribution in [0.25, 0.3) is 0 Å². The Morgan fingerprint density at radius 2 is 2.10 bits per heavy atom. The highest BCUT2D eigenvalue weighted by Crippen LogP contribution is 2.50. The topological polar surface area (TPSA) is 35.2 Å². The molecule has 0 radical (unpaired) electrons. The number of ether oxygens (including phenoxy) is 1. The molecule has 2 fully saturated rings. The summed E-state index contributed by atoms with van der Waals surface area (Å²) in [6.45, 7) is 0.825. The molecule has 0 amide bonds. The molecule has 2 bridgehead atoms. The van der Waals surface area contributed by atoms with Crippen molar-refractivity contribution in [1.29, 1.82) is 0 Å². The summed E-state index contributed by atoms with van der Waals surface area (Å²) in [5, 5.41) is 0. The number of hydrogen-bond acceptors (Lipinski definition) is 2. The Balaban J connectivity index is 1.48. The standard InChI is InChI=1S/C18H25NO/c19-17(11-15-10-12-5-6-14(15)9-12)18-16-4-2-1-3-13(16)7-8-20-18/h1-4,12,14-15,17-18H,5-11,19H2. The Kier molecular flexibility index (Phi) is 3.31. The molecule has 4 rings (SSSR count). The largest absolute Gasteiger partial charge is 0.372 e. The van der Waals surface area contributed by atoms with E-state index in [1.54, 1.807) is 0 Å². The average molecular weight is 271 g/mol. The number of hydrogen-bond donors (Lipinski definition) is 1. The van der Waals surface area contributed by atoms with Crippen LogP contribution in [0, 0.1) is 17.8 Å².